The summed E-state index contributed by atoms with van der Waals surface area (Å²) in [5.41, 5.74) is 3.47. The van der Waals surface area contributed by atoms with Gasteiger partial charge in [0.2, 0.25) is 11.8 Å². The van der Waals surface area contributed by atoms with E-state index in [2.05, 4.69) is 24.5 Å². The molecule has 0 aromatic heterocycles. The van der Waals surface area contributed by atoms with Crippen molar-refractivity contribution in [1.29, 1.82) is 0 Å². The first-order chi connectivity index (χ1) is 12.5. The van der Waals surface area contributed by atoms with E-state index in [0.29, 0.717) is 12.1 Å². The summed E-state index contributed by atoms with van der Waals surface area (Å²) in [4.78, 5) is 24.9. The minimum absolute atomic E-state index is 0.125. The van der Waals surface area contributed by atoms with Gasteiger partial charge >= 0.3 is 0 Å². The second-order valence-corrected chi connectivity index (χ2v) is 6.60. The van der Waals surface area contributed by atoms with Crippen molar-refractivity contribution in [2.45, 2.75) is 33.1 Å². The van der Waals surface area contributed by atoms with Crippen molar-refractivity contribution in [3.63, 3.8) is 0 Å². The number of amides is 2. The van der Waals surface area contributed by atoms with Crippen LogP contribution in [0.4, 0.5) is 15.8 Å². The number of hydrogen-bond donors (Lipinski definition) is 2. The van der Waals surface area contributed by atoms with Crippen LogP contribution in [0.1, 0.15) is 31.4 Å². The van der Waals surface area contributed by atoms with Gasteiger partial charge in [-0.2, -0.15) is 0 Å². The van der Waals surface area contributed by atoms with Gasteiger partial charge in [-0.15, -0.1) is 0 Å². The summed E-state index contributed by atoms with van der Waals surface area (Å²) in [5.74, 6) is -1.47. The van der Waals surface area contributed by atoms with Gasteiger partial charge in [0.05, 0.1) is 11.8 Å². The molecule has 2 aromatic rings. The third-order valence-electron chi connectivity index (χ3n) is 4.80. The molecule has 1 aliphatic rings. The lowest BCUT2D eigenvalue weighted by molar-refractivity contribution is -0.122. The first-order valence-corrected chi connectivity index (χ1v) is 9.01. The van der Waals surface area contributed by atoms with Crippen molar-refractivity contribution in [1.82, 2.24) is 0 Å². The van der Waals surface area contributed by atoms with Crippen LogP contribution in [0.15, 0.2) is 42.5 Å². The second kappa shape index (κ2) is 7.68. The Bertz CT molecular complexity index is 812. The van der Waals surface area contributed by atoms with Gasteiger partial charge in [0, 0.05) is 11.4 Å². The zero-order chi connectivity index (χ0) is 18.7. The summed E-state index contributed by atoms with van der Waals surface area (Å²) in [6.45, 7) is 4.10. The van der Waals surface area contributed by atoms with E-state index in [1.54, 1.807) is 6.07 Å². The molecule has 0 heterocycles. The van der Waals surface area contributed by atoms with Gasteiger partial charge in [-0.1, -0.05) is 38.1 Å². The molecule has 1 fully saturated rings. The molecule has 26 heavy (non-hydrogen) atoms. The summed E-state index contributed by atoms with van der Waals surface area (Å²) >= 11 is 0. The average molecular weight is 354 g/mol. The van der Waals surface area contributed by atoms with Crippen molar-refractivity contribution in [3.05, 3.63) is 59.4 Å². The minimum atomic E-state index is -0.406. The van der Waals surface area contributed by atoms with Crippen LogP contribution in [-0.2, 0) is 22.4 Å². The SMILES string of the molecule is CCc1cccc(CC)c1NC(=O)C1CC1C(=O)Nc1cccc(F)c1. The molecule has 4 nitrogen and oxygen atoms in total. The van der Waals surface area contributed by atoms with Crippen LogP contribution in [0, 0.1) is 17.7 Å². The van der Waals surface area contributed by atoms with Crippen LogP contribution in [0.2, 0.25) is 0 Å². The Morgan fingerprint density at radius 1 is 0.962 bits per heavy atom. The largest absolute Gasteiger partial charge is 0.326 e. The summed E-state index contributed by atoms with van der Waals surface area (Å²) in [5, 5.41) is 5.70. The van der Waals surface area contributed by atoms with Crippen LogP contribution in [0.25, 0.3) is 0 Å². The highest BCUT2D eigenvalue weighted by molar-refractivity contribution is 6.03. The predicted molar refractivity (Wildman–Crippen MR) is 100 cm³/mol. The fourth-order valence-electron chi connectivity index (χ4n) is 3.19. The number of halogens is 1. The monoisotopic (exact) mass is 354 g/mol. The number of para-hydroxylation sites is 1. The number of carbonyl (C=O) groups excluding carboxylic acids is 2. The quantitative estimate of drug-likeness (QED) is 0.818. The number of nitrogens with one attached hydrogen (secondary N) is 2. The van der Waals surface area contributed by atoms with Crippen LogP contribution in [0.5, 0.6) is 0 Å². The molecule has 0 saturated heterocycles. The highest BCUT2D eigenvalue weighted by Gasteiger charge is 2.48. The minimum Gasteiger partial charge on any atom is -0.326 e. The Morgan fingerprint density at radius 3 is 2.12 bits per heavy atom. The zero-order valence-corrected chi connectivity index (χ0v) is 15.0. The molecule has 0 spiro atoms. The molecular weight excluding hydrogens is 331 g/mol. The van der Waals surface area contributed by atoms with Crippen LogP contribution in [-0.4, -0.2) is 11.8 Å². The Balaban J connectivity index is 1.64. The molecule has 0 radical (unpaired) electrons. The third-order valence-corrected chi connectivity index (χ3v) is 4.80. The summed E-state index contributed by atoms with van der Waals surface area (Å²) in [6.07, 6.45) is 2.18. The average Bonchev–Trinajstić information content (AvgIpc) is 3.43. The maximum absolute atomic E-state index is 13.2. The summed E-state index contributed by atoms with van der Waals surface area (Å²) < 4.78 is 13.2. The fourth-order valence-corrected chi connectivity index (χ4v) is 3.19. The summed E-state index contributed by atoms with van der Waals surface area (Å²) in [7, 11) is 0. The Morgan fingerprint density at radius 2 is 1.54 bits per heavy atom. The summed E-state index contributed by atoms with van der Waals surface area (Å²) in [6, 6.07) is 11.8. The van der Waals surface area contributed by atoms with Crippen molar-refractivity contribution in [2.75, 3.05) is 10.6 Å². The van der Waals surface area contributed by atoms with Crippen molar-refractivity contribution in [3.8, 4) is 0 Å². The molecule has 0 bridgehead atoms. The maximum Gasteiger partial charge on any atom is 0.228 e. The van der Waals surface area contributed by atoms with Crippen molar-refractivity contribution in [2.24, 2.45) is 11.8 Å². The molecule has 2 atom stereocenters. The fraction of sp³-hybridized carbons (Fsp3) is 0.333. The number of aryl methyl sites for hydroxylation is 2. The van der Waals surface area contributed by atoms with Gasteiger partial charge in [-0.3, -0.25) is 9.59 Å². The van der Waals surface area contributed by atoms with Gasteiger partial charge in [0.1, 0.15) is 5.82 Å². The molecule has 2 aromatic carbocycles. The molecule has 1 saturated carbocycles. The van der Waals surface area contributed by atoms with Gasteiger partial charge in [-0.25, -0.2) is 4.39 Å². The van der Waals surface area contributed by atoms with Crippen LogP contribution < -0.4 is 10.6 Å². The molecule has 0 aliphatic heterocycles. The highest BCUT2D eigenvalue weighted by Crippen LogP contribution is 2.40. The molecule has 2 N–H and O–H groups in total. The lowest BCUT2D eigenvalue weighted by atomic mass is 10.0. The number of benzene rings is 2. The van der Waals surface area contributed by atoms with E-state index in [1.165, 1.54) is 18.2 Å². The lowest BCUT2D eigenvalue weighted by Gasteiger charge is -2.14. The Labute approximate surface area is 152 Å². The van der Waals surface area contributed by atoms with Crippen molar-refractivity contribution < 1.29 is 14.0 Å². The lowest BCUT2D eigenvalue weighted by Crippen LogP contribution is -2.21. The smallest absolute Gasteiger partial charge is 0.228 e. The molecule has 2 amide bonds. The first kappa shape index (κ1) is 18.1. The molecule has 5 heteroatoms. The van der Waals surface area contributed by atoms with E-state index in [-0.39, 0.29) is 23.7 Å². The van der Waals surface area contributed by atoms with Gasteiger partial charge < -0.3 is 10.6 Å². The van der Waals surface area contributed by atoms with E-state index in [0.717, 1.165) is 29.7 Å². The van der Waals surface area contributed by atoms with Crippen LogP contribution in [0.3, 0.4) is 0 Å². The molecule has 3 rings (SSSR count). The zero-order valence-electron chi connectivity index (χ0n) is 15.0. The molecule has 1 aliphatic carbocycles. The van der Waals surface area contributed by atoms with Crippen molar-refractivity contribution >= 4 is 23.2 Å². The van der Waals surface area contributed by atoms with E-state index < -0.39 is 5.82 Å². The topological polar surface area (TPSA) is 58.2 Å². The van der Waals surface area contributed by atoms with Gasteiger partial charge in [0.25, 0.3) is 0 Å². The second-order valence-electron chi connectivity index (χ2n) is 6.60. The molecule has 136 valence electrons. The molecule has 2 unspecified atom stereocenters. The number of rotatable bonds is 6. The normalized spacial score (nSPS) is 18.3. The van der Waals surface area contributed by atoms with Gasteiger partial charge in [0.15, 0.2) is 0 Å². The number of carbonyl (C=O) groups is 2. The highest BCUT2D eigenvalue weighted by atomic mass is 19.1. The van der Waals surface area contributed by atoms with E-state index >= 15 is 0 Å². The third kappa shape index (κ3) is 3.93. The van der Waals surface area contributed by atoms with E-state index in [9.17, 15) is 14.0 Å². The Hall–Kier alpha value is -2.69. The predicted octanol–water partition coefficient (Wildman–Crippen LogP) is 4.16. The van der Waals surface area contributed by atoms with Crippen LogP contribution >= 0.6 is 0 Å². The van der Waals surface area contributed by atoms with E-state index in [4.69, 9.17) is 0 Å². The number of hydrogen-bond acceptors (Lipinski definition) is 2. The number of anilines is 2. The Kier molecular flexibility index (Phi) is 5.35. The first-order valence-electron chi connectivity index (χ1n) is 9.01. The maximum atomic E-state index is 13.2. The molecular formula is C21H23FN2O2. The van der Waals surface area contributed by atoms with Gasteiger partial charge in [-0.05, 0) is 48.6 Å². The van der Waals surface area contributed by atoms with E-state index in [1.807, 2.05) is 18.2 Å². The standard InChI is InChI=1S/C21H23FN2O2/c1-3-13-7-5-8-14(4-2)19(13)24-21(26)18-12-17(18)20(25)23-16-10-6-9-15(22)11-16/h5-11,17-18H,3-4,12H2,1-2H3,(H,23,25)(H,24,26).